The number of likely N-dealkylation sites (tertiary alicyclic amines) is 1. The minimum absolute atomic E-state index is 0.0666. The molecule has 2 aliphatic heterocycles. The number of hydrogen-bond acceptors (Lipinski definition) is 7. The van der Waals surface area contributed by atoms with Crippen LogP contribution in [0.4, 0.5) is 0 Å². The van der Waals surface area contributed by atoms with Gasteiger partial charge in [0.2, 0.25) is 18.6 Å². The van der Waals surface area contributed by atoms with E-state index in [1.54, 1.807) is 4.68 Å². The zero-order valence-corrected chi connectivity index (χ0v) is 18.4. The first-order chi connectivity index (χ1) is 14.4. The van der Waals surface area contributed by atoms with Gasteiger partial charge in [-0.3, -0.25) is 9.69 Å². The molecule has 0 saturated carbocycles. The molecule has 30 heavy (non-hydrogen) atoms. The molecule has 0 aliphatic carbocycles. The van der Waals surface area contributed by atoms with Gasteiger partial charge in [0.25, 0.3) is 4.84 Å². The molecule has 162 valence electrons. The van der Waals surface area contributed by atoms with Gasteiger partial charge in [-0.1, -0.05) is 13.8 Å². The lowest BCUT2D eigenvalue weighted by molar-refractivity contribution is -0.127. The van der Waals surface area contributed by atoms with Crippen molar-refractivity contribution in [1.29, 1.82) is 0 Å². The van der Waals surface area contributed by atoms with E-state index in [4.69, 9.17) is 26.1 Å². The largest absolute Gasteiger partial charge is 0.454 e. The van der Waals surface area contributed by atoms with Crippen molar-refractivity contribution >= 4 is 18.1 Å². The van der Waals surface area contributed by atoms with Crippen LogP contribution >= 0.6 is 12.2 Å². The maximum absolute atomic E-state index is 12.5. The lowest BCUT2D eigenvalue weighted by atomic mass is 9.95. The number of aromatic nitrogens is 2. The average Bonchev–Trinajstić information content (AvgIpc) is 3.34. The number of carbonyl (C=O) groups is 1. The molecule has 3 heterocycles. The summed E-state index contributed by atoms with van der Waals surface area (Å²) in [7, 11) is 0. The Morgan fingerprint density at radius 3 is 2.70 bits per heavy atom. The third kappa shape index (κ3) is 4.52. The molecule has 1 saturated heterocycles. The Balaban J connectivity index is 1.35. The van der Waals surface area contributed by atoms with E-state index >= 15 is 0 Å². The summed E-state index contributed by atoms with van der Waals surface area (Å²) in [5.74, 6) is 2.51. The van der Waals surface area contributed by atoms with E-state index in [0.29, 0.717) is 34.8 Å². The first-order valence-corrected chi connectivity index (χ1v) is 10.8. The highest BCUT2D eigenvalue weighted by Crippen LogP contribution is 2.35. The lowest BCUT2D eigenvalue weighted by Gasteiger charge is -2.31. The van der Waals surface area contributed by atoms with Crippen molar-refractivity contribution in [2.75, 3.05) is 19.9 Å². The summed E-state index contributed by atoms with van der Waals surface area (Å²) in [6.45, 7) is 8.70. The van der Waals surface area contributed by atoms with Crippen LogP contribution < -0.4 is 14.8 Å². The maximum atomic E-state index is 12.5. The maximum Gasteiger partial charge on any atom is 0.288 e. The Morgan fingerprint density at radius 2 is 1.97 bits per heavy atom. The quantitative estimate of drug-likeness (QED) is 0.700. The van der Waals surface area contributed by atoms with Crippen molar-refractivity contribution in [3.8, 4) is 23.0 Å². The molecule has 1 fully saturated rings. The fraction of sp³-hybridized carbons (Fsp3) is 0.571. The molecule has 9 heteroatoms. The number of piperidine rings is 1. The minimum Gasteiger partial charge on any atom is -0.454 e. The highest BCUT2D eigenvalue weighted by molar-refractivity contribution is 7.71. The van der Waals surface area contributed by atoms with Gasteiger partial charge in [-0.05, 0) is 56.1 Å². The summed E-state index contributed by atoms with van der Waals surface area (Å²) in [5.41, 5.74) is 0.791. The minimum atomic E-state index is 0.0666. The lowest BCUT2D eigenvalue weighted by Crippen LogP contribution is -2.44. The molecule has 4 rings (SSSR count). The van der Waals surface area contributed by atoms with Gasteiger partial charge >= 0.3 is 0 Å². The second-order valence-corrected chi connectivity index (χ2v) is 8.66. The van der Waals surface area contributed by atoms with Gasteiger partial charge in [0, 0.05) is 30.6 Å². The number of nitrogens with zero attached hydrogens (tertiary/aromatic N) is 3. The Hall–Kier alpha value is -2.39. The van der Waals surface area contributed by atoms with Crippen molar-refractivity contribution in [1.82, 2.24) is 20.0 Å². The van der Waals surface area contributed by atoms with Crippen molar-refractivity contribution in [2.24, 2.45) is 11.8 Å². The molecule has 2 aromatic rings. The van der Waals surface area contributed by atoms with Crippen LogP contribution in [0.25, 0.3) is 11.5 Å². The number of fused-ring (bicyclic) bond motifs is 1. The zero-order chi connectivity index (χ0) is 21.3. The molecule has 0 bridgehead atoms. The normalized spacial score (nSPS) is 18.0. The van der Waals surface area contributed by atoms with Gasteiger partial charge in [-0.15, -0.1) is 5.10 Å². The fourth-order valence-electron chi connectivity index (χ4n) is 3.58. The summed E-state index contributed by atoms with van der Waals surface area (Å²) in [6, 6.07) is 5.75. The van der Waals surface area contributed by atoms with E-state index in [-0.39, 0.29) is 24.7 Å². The number of ether oxygens (including phenoxy) is 2. The molecule has 1 unspecified atom stereocenters. The van der Waals surface area contributed by atoms with Gasteiger partial charge < -0.3 is 19.2 Å². The van der Waals surface area contributed by atoms with E-state index in [9.17, 15) is 4.79 Å². The van der Waals surface area contributed by atoms with Gasteiger partial charge in [0.05, 0.1) is 6.67 Å². The fourth-order valence-corrected chi connectivity index (χ4v) is 3.75. The van der Waals surface area contributed by atoms with Crippen LogP contribution in [0.3, 0.4) is 0 Å². The molecular formula is C21H28N4O4S. The standard InChI is InChI=1S/C21H28N4O4S/c1-13(2)14(3)22-19(26)15-6-8-24(9-7-15)11-25-21(30)29-20(23-25)16-4-5-17-18(10-16)28-12-27-17/h4-5,10,13-15H,6-9,11-12H2,1-3H3,(H,22,26). The predicted octanol–water partition coefficient (Wildman–Crippen LogP) is 3.43. The van der Waals surface area contributed by atoms with Crippen molar-refractivity contribution in [3.05, 3.63) is 23.0 Å². The predicted molar refractivity (Wildman–Crippen MR) is 114 cm³/mol. The van der Waals surface area contributed by atoms with E-state index in [1.807, 2.05) is 18.2 Å². The molecule has 1 N–H and O–H groups in total. The number of amides is 1. The Morgan fingerprint density at radius 1 is 1.23 bits per heavy atom. The van der Waals surface area contributed by atoms with Crippen LogP contribution in [0.1, 0.15) is 33.6 Å². The number of nitrogens with one attached hydrogen (secondary N) is 1. The molecular weight excluding hydrogens is 404 g/mol. The van der Waals surface area contributed by atoms with Crippen molar-refractivity contribution in [2.45, 2.75) is 46.3 Å². The molecule has 2 aliphatic rings. The SMILES string of the molecule is CC(C)C(C)NC(=O)C1CCN(Cn2nc(-c3ccc4c(c3)OCO4)oc2=S)CC1. The van der Waals surface area contributed by atoms with Gasteiger partial charge in [0.1, 0.15) is 0 Å². The van der Waals surface area contributed by atoms with Crippen molar-refractivity contribution < 1.29 is 18.7 Å². The second-order valence-electron chi connectivity index (χ2n) is 8.32. The molecule has 0 radical (unpaired) electrons. The third-order valence-corrected chi connectivity index (χ3v) is 6.18. The van der Waals surface area contributed by atoms with Gasteiger partial charge in [0.15, 0.2) is 11.5 Å². The Labute approximate surface area is 181 Å². The highest BCUT2D eigenvalue weighted by atomic mass is 32.1. The van der Waals surface area contributed by atoms with Crippen LogP contribution in [0.2, 0.25) is 0 Å². The molecule has 8 nitrogen and oxygen atoms in total. The van der Waals surface area contributed by atoms with Crippen LogP contribution in [0, 0.1) is 16.7 Å². The number of hydrogen-bond donors (Lipinski definition) is 1. The first kappa shape index (κ1) is 20.9. The Kier molecular flexibility index (Phi) is 6.10. The van der Waals surface area contributed by atoms with Crippen LogP contribution in [-0.2, 0) is 11.5 Å². The van der Waals surface area contributed by atoms with Crippen molar-refractivity contribution in [3.63, 3.8) is 0 Å². The molecule has 1 atom stereocenters. The first-order valence-electron chi connectivity index (χ1n) is 10.4. The number of benzene rings is 1. The summed E-state index contributed by atoms with van der Waals surface area (Å²) in [4.78, 5) is 15.0. The second kappa shape index (κ2) is 8.77. The van der Waals surface area contributed by atoms with E-state index < -0.39 is 0 Å². The number of rotatable bonds is 6. The summed E-state index contributed by atoms with van der Waals surface area (Å²) < 4.78 is 18.2. The summed E-state index contributed by atoms with van der Waals surface area (Å²) in [5, 5.41) is 7.68. The molecule has 1 aromatic heterocycles. The Bertz CT molecular complexity index is 962. The average molecular weight is 433 g/mol. The zero-order valence-electron chi connectivity index (χ0n) is 17.6. The summed E-state index contributed by atoms with van der Waals surface area (Å²) in [6.07, 6.45) is 1.66. The van der Waals surface area contributed by atoms with Gasteiger partial charge in [-0.2, -0.15) is 0 Å². The van der Waals surface area contributed by atoms with Crippen LogP contribution in [-0.4, -0.2) is 46.5 Å². The number of carbonyl (C=O) groups excluding carboxylic acids is 1. The monoisotopic (exact) mass is 432 g/mol. The molecule has 1 aromatic carbocycles. The smallest absolute Gasteiger partial charge is 0.288 e. The van der Waals surface area contributed by atoms with E-state index in [2.05, 4.69) is 36.1 Å². The summed E-state index contributed by atoms with van der Waals surface area (Å²) >= 11 is 5.36. The topological polar surface area (TPSA) is 81.8 Å². The van der Waals surface area contributed by atoms with Crippen LogP contribution in [0.5, 0.6) is 11.5 Å². The third-order valence-electron chi connectivity index (χ3n) is 5.89. The van der Waals surface area contributed by atoms with E-state index in [1.165, 1.54) is 0 Å². The van der Waals surface area contributed by atoms with Gasteiger partial charge in [-0.25, -0.2) is 4.68 Å². The van der Waals surface area contributed by atoms with Crippen LogP contribution in [0.15, 0.2) is 22.6 Å². The van der Waals surface area contributed by atoms with E-state index in [0.717, 1.165) is 31.5 Å². The highest BCUT2D eigenvalue weighted by Gasteiger charge is 2.27. The molecule has 0 spiro atoms. The molecule has 1 amide bonds.